The van der Waals surface area contributed by atoms with Crippen molar-refractivity contribution in [1.82, 2.24) is 4.98 Å². The zero-order valence-electron chi connectivity index (χ0n) is 29.0. The molecule has 0 atom stereocenters. The Morgan fingerprint density at radius 2 is 1.54 bits per heavy atom. The summed E-state index contributed by atoms with van der Waals surface area (Å²) in [6, 6.07) is 23.8. The van der Waals surface area contributed by atoms with Gasteiger partial charge in [0.15, 0.2) is 5.78 Å². The number of hydrogen-bond acceptors (Lipinski definition) is 4. The second-order valence-electron chi connectivity index (χ2n) is 13.4. The van der Waals surface area contributed by atoms with Crippen LogP contribution in [0, 0.1) is 17.9 Å². The molecule has 46 heavy (non-hydrogen) atoms. The molecule has 3 nitrogen and oxygen atoms in total. The first-order chi connectivity index (χ1) is 21.4. The maximum absolute atomic E-state index is 11.7. The fourth-order valence-electron chi connectivity index (χ4n) is 6.03. The normalized spacial score (nSPS) is 12.2. The topological polar surface area (TPSA) is 50.2 Å². The number of carbonyl (C=O) groups is 1. The molecule has 5 aromatic rings. The summed E-state index contributed by atoms with van der Waals surface area (Å²) >= 11 is 1.88. The van der Waals surface area contributed by atoms with Gasteiger partial charge in [0.2, 0.25) is 0 Å². The number of rotatable bonds is 10. The van der Waals surface area contributed by atoms with Gasteiger partial charge in [0.05, 0.1) is 13.8 Å². The van der Waals surface area contributed by atoms with Crippen molar-refractivity contribution in [3.05, 3.63) is 84.3 Å². The van der Waals surface area contributed by atoms with Crippen molar-refractivity contribution in [2.75, 3.05) is 0 Å². The Bertz CT molecular complexity index is 1810. The first kappa shape index (κ1) is 37.8. The molecule has 0 spiro atoms. The summed E-state index contributed by atoms with van der Waals surface area (Å²) in [7, 11) is -1.34. The molecule has 1 N–H and O–H groups in total. The van der Waals surface area contributed by atoms with Gasteiger partial charge < -0.3 is 5.11 Å². The maximum Gasteiger partial charge on any atom is 0.162 e. The van der Waals surface area contributed by atoms with Crippen molar-refractivity contribution >= 4 is 61.3 Å². The van der Waals surface area contributed by atoms with Gasteiger partial charge in [-0.1, -0.05) is 108 Å². The van der Waals surface area contributed by atoms with Crippen molar-refractivity contribution in [2.45, 2.75) is 92.8 Å². The smallest absolute Gasteiger partial charge is 0.162 e. The minimum absolute atomic E-state index is 0. The van der Waals surface area contributed by atoms with Crippen LogP contribution in [-0.2, 0) is 24.9 Å². The zero-order valence-corrected chi connectivity index (χ0v) is 33.2. The number of benzene rings is 3. The molecule has 6 heteroatoms. The Labute approximate surface area is 294 Å². The summed E-state index contributed by atoms with van der Waals surface area (Å²) in [5.74, 6) is 0.993. The molecule has 0 aliphatic carbocycles. The van der Waals surface area contributed by atoms with Crippen molar-refractivity contribution in [3.63, 3.8) is 0 Å². The molecular formula is C40H50IrNO2SSi-. The molecular weight excluding hydrogens is 779 g/mol. The van der Waals surface area contributed by atoms with E-state index in [9.17, 15) is 9.90 Å². The summed E-state index contributed by atoms with van der Waals surface area (Å²) in [4.78, 5) is 16.6. The number of thiophene rings is 1. The molecule has 0 saturated heterocycles. The molecule has 1 radical (unpaired) electrons. The van der Waals surface area contributed by atoms with E-state index >= 15 is 0 Å². The quantitative estimate of drug-likeness (QED) is 0.0660. The maximum atomic E-state index is 11.7. The molecule has 0 aliphatic heterocycles. The van der Waals surface area contributed by atoms with Crippen molar-refractivity contribution in [3.8, 4) is 11.3 Å². The standard InChI is InChI=1S/C27H26NSSi.C13H24O2.Ir/c1-17(2)23-15-19(14-18-8-6-7-9-21(18)23)27-26-22-11-10-20(30(3,4)5)16-25(22)29-24(26)12-13-28-27;1-5-10(6-2)12(14)9-13(15)11(7-3)8-4;/h6-13,15-17H,1-5H3;9-11,14H,5-8H2,1-4H3;/q-1;;/b;12-9-;. The molecule has 0 saturated carbocycles. The Morgan fingerprint density at radius 1 is 0.891 bits per heavy atom. The number of aliphatic hydroxyl groups excluding tert-OH is 1. The fraction of sp³-hybridized carbons (Fsp3) is 0.400. The predicted molar refractivity (Wildman–Crippen MR) is 200 cm³/mol. The van der Waals surface area contributed by atoms with E-state index < -0.39 is 8.07 Å². The molecule has 3 aromatic carbocycles. The third-order valence-electron chi connectivity index (χ3n) is 9.02. The second-order valence-corrected chi connectivity index (χ2v) is 19.6. The van der Waals surface area contributed by atoms with Crippen LogP contribution in [0.2, 0.25) is 19.6 Å². The number of ketones is 1. The number of fused-ring (bicyclic) bond motifs is 4. The Kier molecular flexibility index (Phi) is 13.5. The molecule has 0 bridgehead atoms. The van der Waals surface area contributed by atoms with E-state index in [-0.39, 0.29) is 43.5 Å². The third kappa shape index (κ3) is 8.44. The van der Waals surface area contributed by atoms with Crippen LogP contribution in [0.3, 0.4) is 0 Å². The first-order valence-electron chi connectivity index (χ1n) is 16.6. The zero-order chi connectivity index (χ0) is 32.9. The van der Waals surface area contributed by atoms with E-state index in [4.69, 9.17) is 4.98 Å². The van der Waals surface area contributed by atoms with E-state index in [1.54, 1.807) is 0 Å². The van der Waals surface area contributed by atoms with Gasteiger partial charge >= 0.3 is 0 Å². The van der Waals surface area contributed by atoms with Crippen LogP contribution in [-0.4, -0.2) is 23.9 Å². The van der Waals surface area contributed by atoms with Gasteiger partial charge in [0.25, 0.3) is 0 Å². The van der Waals surface area contributed by atoms with Gasteiger partial charge in [-0.15, -0.1) is 40.5 Å². The predicted octanol–water partition coefficient (Wildman–Crippen LogP) is 11.6. The van der Waals surface area contributed by atoms with Gasteiger partial charge in [-0.2, -0.15) is 0 Å². The van der Waals surface area contributed by atoms with Crippen LogP contribution < -0.4 is 5.19 Å². The van der Waals surface area contributed by atoms with Crippen LogP contribution in [0.4, 0.5) is 0 Å². The molecule has 2 aromatic heterocycles. The number of nitrogens with zero attached hydrogens (tertiary/aromatic N) is 1. The van der Waals surface area contributed by atoms with Crippen LogP contribution in [0.15, 0.2) is 72.6 Å². The molecule has 0 unspecified atom stereocenters. The van der Waals surface area contributed by atoms with Crippen LogP contribution in [0.1, 0.15) is 78.7 Å². The summed E-state index contributed by atoms with van der Waals surface area (Å²) in [6.45, 7) is 19.8. The third-order valence-corrected chi connectivity index (χ3v) is 12.2. The monoisotopic (exact) mass is 829 g/mol. The van der Waals surface area contributed by atoms with Gasteiger partial charge in [-0.25, -0.2) is 0 Å². The van der Waals surface area contributed by atoms with Crippen LogP contribution in [0.25, 0.3) is 42.2 Å². The largest absolute Gasteiger partial charge is 0.512 e. The van der Waals surface area contributed by atoms with Gasteiger partial charge in [0.1, 0.15) is 0 Å². The van der Waals surface area contributed by atoms with E-state index in [0.717, 1.165) is 42.3 Å². The number of pyridine rings is 1. The molecule has 0 amide bonds. The van der Waals surface area contributed by atoms with E-state index in [1.165, 1.54) is 42.4 Å². The van der Waals surface area contributed by atoms with E-state index in [2.05, 4.69) is 94.2 Å². The molecule has 0 aliphatic rings. The first-order valence-corrected chi connectivity index (χ1v) is 21.0. The Hall–Kier alpha value is -2.63. The number of aliphatic hydroxyl groups is 1. The van der Waals surface area contributed by atoms with Gasteiger partial charge in [0, 0.05) is 59.3 Å². The second kappa shape index (κ2) is 16.5. The Balaban J connectivity index is 0.000000309. The van der Waals surface area contributed by atoms with Crippen molar-refractivity contribution in [1.29, 1.82) is 0 Å². The number of aromatic nitrogens is 1. The molecule has 2 heterocycles. The molecule has 247 valence electrons. The molecule has 5 rings (SSSR count). The van der Waals surface area contributed by atoms with Gasteiger partial charge in [-0.3, -0.25) is 9.78 Å². The summed E-state index contributed by atoms with van der Waals surface area (Å²) in [5.41, 5.74) is 3.50. The Morgan fingerprint density at radius 3 is 2.15 bits per heavy atom. The minimum atomic E-state index is -1.34. The fourth-order valence-corrected chi connectivity index (χ4v) is 8.44. The number of carbonyl (C=O) groups excluding carboxylic acids is 1. The van der Waals surface area contributed by atoms with Crippen LogP contribution in [0.5, 0.6) is 0 Å². The number of allylic oxidation sites excluding steroid dienone is 2. The number of hydrogen-bond donors (Lipinski definition) is 1. The summed E-state index contributed by atoms with van der Waals surface area (Å²) < 4.78 is 2.67. The van der Waals surface area contributed by atoms with E-state index in [1.807, 2.05) is 45.2 Å². The van der Waals surface area contributed by atoms with Gasteiger partial charge in [-0.05, 0) is 54.5 Å². The summed E-state index contributed by atoms with van der Waals surface area (Å²) in [5, 5.41) is 16.3. The van der Waals surface area contributed by atoms with E-state index in [0.29, 0.717) is 5.92 Å². The molecule has 0 fully saturated rings. The SMILES string of the molecule is CC(C)c1cc(-c2nccc3sc4cc([Si](C)(C)C)ccc4c23)[c-]c2ccccc12.CCC(CC)C(=O)/C=C(\O)C(CC)CC.[Ir]. The van der Waals surface area contributed by atoms with Crippen molar-refractivity contribution < 1.29 is 30.0 Å². The van der Waals surface area contributed by atoms with Crippen molar-refractivity contribution in [2.24, 2.45) is 11.8 Å². The van der Waals surface area contributed by atoms with Crippen LogP contribution >= 0.6 is 11.3 Å². The average Bonchev–Trinajstić information content (AvgIpc) is 3.40. The summed E-state index contributed by atoms with van der Waals surface area (Å²) in [6.07, 6.45) is 6.86. The minimum Gasteiger partial charge on any atom is -0.512 e. The average molecular weight is 829 g/mol.